The largest absolute Gasteiger partial charge is 0.573 e. The molecule has 2 aromatic heterocycles. The van der Waals surface area contributed by atoms with Gasteiger partial charge in [-0.1, -0.05) is 6.07 Å². The van der Waals surface area contributed by atoms with Crippen molar-refractivity contribution in [1.29, 1.82) is 0 Å². The lowest BCUT2D eigenvalue weighted by molar-refractivity contribution is -0.274. The molecule has 2 heterocycles. The number of halogens is 3. The molecule has 0 amide bonds. The number of rotatable bonds is 3. The van der Waals surface area contributed by atoms with E-state index >= 15 is 0 Å². The lowest BCUT2D eigenvalue weighted by atomic mass is 9.84. The van der Waals surface area contributed by atoms with E-state index in [1.807, 2.05) is 0 Å². The molecule has 2 N–H and O–H groups in total. The number of imidazole rings is 1. The number of carbonyl (C=O) groups excluding carboxylic acids is 1. The van der Waals surface area contributed by atoms with Crippen molar-refractivity contribution in [2.45, 2.75) is 32.0 Å². The number of Topliss-reactive ketones (excluding diaryl/α,β-unsaturated/α-hetero) is 1. The molecule has 0 radical (unpaired) electrons. The van der Waals surface area contributed by atoms with Gasteiger partial charge in [0.25, 0.3) is 0 Å². The first-order valence-corrected chi connectivity index (χ1v) is 8.77. The van der Waals surface area contributed by atoms with Crippen LogP contribution in [0, 0.1) is 6.92 Å². The van der Waals surface area contributed by atoms with Crippen LogP contribution in [0.25, 0.3) is 5.69 Å². The third-order valence-corrected chi connectivity index (χ3v) is 4.70. The smallest absolute Gasteiger partial charge is 0.406 e. The minimum atomic E-state index is -4.78. The molecule has 0 saturated heterocycles. The monoisotopic (exact) mass is 403 g/mol. The Morgan fingerprint density at radius 3 is 2.79 bits per heavy atom. The van der Waals surface area contributed by atoms with Gasteiger partial charge in [-0.2, -0.15) is 0 Å². The Kier molecular flexibility index (Phi) is 4.48. The van der Waals surface area contributed by atoms with Crippen LogP contribution >= 0.6 is 0 Å². The molecule has 1 unspecified atom stereocenters. The number of aryl methyl sites for hydroxylation is 1. The number of nitrogen functional groups attached to an aromatic ring is 1. The number of ketones is 1. The molecule has 4 rings (SSSR count). The van der Waals surface area contributed by atoms with E-state index in [0.29, 0.717) is 34.9 Å². The van der Waals surface area contributed by atoms with E-state index in [2.05, 4.69) is 19.7 Å². The molecule has 1 aromatic carbocycles. The SMILES string of the molecule is Cc1nc(N)nc2c1C(=O)CC(c1nccn1-c1cccc(OC(F)(F)F)c1)C2. The van der Waals surface area contributed by atoms with Gasteiger partial charge in [-0.3, -0.25) is 4.79 Å². The average Bonchev–Trinajstić information content (AvgIpc) is 3.09. The highest BCUT2D eigenvalue weighted by atomic mass is 19.4. The van der Waals surface area contributed by atoms with Crippen LogP contribution in [-0.4, -0.2) is 31.7 Å². The van der Waals surface area contributed by atoms with Crippen LogP contribution in [0.5, 0.6) is 5.75 Å². The van der Waals surface area contributed by atoms with Gasteiger partial charge in [0.15, 0.2) is 5.78 Å². The number of nitrogens with two attached hydrogens (primary N) is 1. The minimum Gasteiger partial charge on any atom is -0.406 e. The molecule has 0 fully saturated rings. The topological polar surface area (TPSA) is 95.9 Å². The Balaban J connectivity index is 1.69. The quantitative estimate of drug-likeness (QED) is 0.720. The van der Waals surface area contributed by atoms with Crippen molar-refractivity contribution >= 4 is 11.7 Å². The van der Waals surface area contributed by atoms with Gasteiger partial charge < -0.3 is 15.0 Å². The fraction of sp³-hybridized carbons (Fsp3) is 0.263. The van der Waals surface area contributed by atoms with Gasteiger partial charge in [0.2, 0.25) is 5.95 Å². The lowest BCUT2D eigenvalue weighted by Gasteiger charge is -2.24. The van der Waals surface area contributed by atoms with Gasteiger partial charge in [0.1, 0.15) is 11.6 Å². The standard InChI is InChI=1S/C19H16F3N5O2/c1-10-16-14(26-18(23)25-10)7-11(8-15(16)28)17-24-5-6-27(17)12-3-2-4-13(9-12)29-19(20,21)22/h2-6,9,11H,7-8H2,1H3,(H2,23,25,26). The summed E-state index contributed by atoms with van der Waals surface area (Å²) in [6.45, 7) is 1.71. The zero-order valence-corrected chi connectivity index (χ0v) is 15.3. The van der Waals surface area contributed by atoms with E-state index in [1.54, 1.807) is 23.8 Å². The summed E-state index contributed by atoms with van der Waals surface area (Å²) in [5.74, 6) is -0.114. The van der Waals surface area contributed by atoms with Gasteiger partial charge in [0, 0.05) is 37.2 Å². The summed E-state index contributed by atoms with van der Waals surface area (Å²) < 4.78 is 43.2. The van der Waals surface area contributed by atoms with Crippen molar-refractivity contribution in [3.05, 3.63) is 59.4 Å². The number of fused-ring (bicyclic) bond motifs is 1. The summed E-state index contributed by atoms with van der Waals surface area (Å²) in [5, 5.41) is 0. The number of anilines is 1. The first kappa shape index (κ1) is 18.9. The second-order valence-electron chi connectivity index (χ2n) is 6.72. The number of benzene rings is 1. The van der Waals surface area contributed by atoms with E-state index in [1.165, 1.54) is 24.4 Å². The van der Waals surface area contributed by atoms with Crippen molar-refractivity contribution in [3.8, 4) is 11.4 Å². The number of hydrogen-bond acceptors (Lipinski definition) is 6. The molecule has 10 heteroatoms. The highest BCUT2D eigenvalue weighted by Gasteiger charge is 2.33. The maximum absolute atomic E-state index is 12.7. The zero-order chi connectivity index (χ0) is 20.8. The minimum absolute atomic E-state index is 0.0926. The van der Waals surface area contributed by atoms with Crippen molar-refractivity contribution in [2.24, 2.45) is 0 Å². The third-order valence-electron chi connectivity index (χ3n) is 4.70. The molecule has 0 spiro atoms. The fourth-order valence-corrected chi connectivity index (χ4v) is 3.65. The molecular weight excluding hydrogens is 387 g/mol. The molecule has 150 valence electrons. The molecule has 1 aliphatic rings. The van der Waals surface area contributed by atoms with Crippen molar-refractivity contribution in [3.63, 3.8) is 0 Å². The molecule has 7 nitrogen and oxygen atoms in total. The summed E-state index contributed by atoms with van der Waals surface area (Å²) in [6, 6.07) is 5.58. The second-order valence-corrected chi connectivity index (χ2v) is 6.72. The molecule has 1 atom stereocenters. The van der Waals surface area contributed by atoms with Gasteiger partial charge in [-0.15, -0.1) is 13.2 Å². The maximum atomic E-state index is 12.7. The number of nitrogens with zero attached hydrogens (tertiary/aromatic N) is 4. The third kappa shape index (κ3) is 3.78. The van der Waals surface area contributed by atoms with Crippen molar-refractivity contribution in [2.75, 3.05) is 5.73 Å². The Bertz CT molecular complexity index is 1090. The van der Waals surface area contributed by atoms with Gasteiger partial charge >= 0.3 is 6.36 Å². The number of carbonyl (C=O) groups is 1. The number of ether oxygens (including phenoxy) is 1. The van der Waals surface area contributed by atoms with Crippen LogP contribution in [0.3, 0.4) is 0 Å². The number of alkyl halides is 3. The molecular formula is C19H16F3N5O2. The highest BCUT2D eigenvalue weighted by Crippen LogP contribution is 2.34. The number of aromatic nitrogens is 4. The Morgan fingerprint density at radius 1 is 1.24 bits per heavy atom. The van der Waals surface area contributed by atoms with Gasteiger partial charge in [-0.05, 0) is 19.1 Å². The zero-order valence-electron chi connectivity index (χ0n) is 15.3. The van der Waals surface area contributed by atoms with Crippen LogP contribution in [0.4, 0.5) is 19.1 Å². The molecule has 1 aliphatic carbocycles. The van der Waals surface area contributed by atoms with Crippen LogP contribution in [0.1, 0.15) is 39.9 Å². The molecule has 0 saturated carbocycles. The Morgan fingerprint density at radius 2 is 2.03 bits per heavy atom. The fourth-order valence-electron chi connectivity index (χ4n) is 3.65. The highest BCUT2D eigenvalue weighted by molar-refractivity contribution is 5.99. The number of hydrogen-bond donors (Lipinski definition) is 1. The van der Waals surface area contributed by atoms with Crippen LogP contribution < -0.4 is 10.5 Å². The molecule has 29 heavy (non-hydrogen) atoms. The van der Waals surface area contributed by atoms with E-state index < -0.39 is 6.36 Å². The van der Waals surface area contributed by atoms with E-state index in [0.717, 1.165) is 0 Å². The predicted octanol–water partition coefficient (Wildman–Crippen LogP) is 3.36. The summed E-state index contributed by atoms with van der Waals surface area (Å²) in [4.78, 5) is 25.3. The molecule has 0 bridgehead atoms. The predicted molar refractivity (Wildman–Crippen MR) is 96.8 cm³/mol. The van der Waals surface area contributed by atoms with Crippen molar-refractivity contribution in [1.82, 2.24) is 19.5 Å². The van der Waals surface area contributed by atoms with E-state index in [-0.39, 0.29) is 29.8 Å². The Hall–Kier alpha value is -3.43. The van der Waals surface area contributed by atoms with Crippen molar-refractivity contribution < 1.29 is 22.7 Å². The van der Waals surface area contributed by atoms with Crippen LogP contribution in [0.15, 0.2) is 36.7 Å². The van der Waals surface area contributed by atoms with E-state index in [4.69, 9.17) is 5.73 Å². The lowest BCUT2D eigenvalue weighted by Crippen LogP contribution is -2.24. The molecule has 3 aromatic rings. The van der Waals surface area contributed by atoms with Gasteiger partial charge in [-0.25, -0.2) is 15.0 Å². The van der Waals surface area contributed by atoms with Gasteiger partial charge in [0.05, 0.1) is 22.6 Å². The summed E-state index contributed by atoms with van der Waals surface area (Å²) in [7, 11) is 0. The van der Waals surface area contributed by atoms with Crippen LogP contribution in [0.2, 0.25) is 0 Å². The maximum Gasteiger partial charge on any atom is 0.573 e. The summed E-state index contributed by atoms with van der Waals surface area (Å²) in [6.07, 6.45) is -1.01. The average molecular weight is 403 g/mol. The first-order valence-electron chi connectivity index (χ1n) is 8.77. The van der Waals surface area contributed by atoms with Crippen LogP contribution in [-0.2, 0) is 6.42 Å². The summed E-state index contributed by atoms with van der Waals surface area (Å²) in [5.41, 5.74) is 7.74. The normalized spacial score (nSPS) is 16.6. The Labute approximate surface area is 163 Å². The van der Waals surface area contributed by atoms with E-state index in [9.17, 15) is 18.0 Å². The summed E-state index contributed by atoms with van der Waals surface area (Å²) >= 11 is 0. The second kappa shape index (κ2) is 6.87. The molecule has 0 aliphatic heterocycles. The first-order chi connectivity index (χ1) is 13.7.